The summed E-state index contributed by atoms with van der Waals surface area (Å²) in [5.41, 5.74) is 5.22. The van der Waals surface area contributed by atoms with Crippen molar-refractivity contribution >= 4 is 0 Å². The minimum atomic E-state index is -4.53. The lowest BCUT2D eigenvalue weighted by molar-refractivity contribution is -0.138. The standard InChI is InChI=1S/C14H10F3N5O/c15-14(16,17)9-4-2-1-3-8(9)11(18)13-21-12(22-23-13)10-7-19-5-6-20-10/h1-7,11H,18H2. The first-order valence-electron chi connectivity index (χ1n) is 6.48. The van der Waals surface area contributed by atoms with Crippen molar-refractivity contribution in [3.05, 3.63) is 59.9 Å². The van der Waals surface area contributed by atoms with Crippen LogP contribution in [0.25, 0.3) is 11.5 Å². The van der Waals surface area contributed by atoms with E-state index in [0.29, 0.717) is 5.69 Å². The van der Waals surface area contributed by atoms with E-state index in [0.717, 1.165) is 6.07 Å². The van der Waals surface area contributed by atoms with E-state index >= 15 is 0 Å². The third kappa shape index (κ3) is 3.04. The van der Waals surface area contributed by atoms with Gasteiger partial charge in [-0.25, -0.2) is 4.98 Å². The minimum Gasteiger partial charge on any atom is -0.337 e. The zero-order valence-corrected chi connectivity index (χ0v) is 11.5. The van der Waals surface area contributed by atoms with Gasteiger partial charge in [-0.1, -0.05) is 23.4 Å². The summed E-state index contributed by atoms with van der Waals surface area (Å²) in [5.74, 6) is -0.0320. The van der Waals surface area contributed by atoms with Gasteiger partial charge < -0.3 is 10.3 Å². The second-order valence-corrected chi connectivity index (χ2v) is 4.61. The van der Waals surface area contributed by atoms with Gasteiger partial charge in [-0.15, -0.1) is 0 Å². The highest BCUT2D eigenvalue weighted by Crippen LogP contribution is 2.35. The van der Waals surface area contributed by atoms with Crippen LogP contribution in [0.15, 0.2) is 47.4 Å². The third-order valence-corrected chi connectivity index (χ3v) is 3.10. The lowest BCUT2D eigenvalue weighted by atomic mass is 10.0. The molecule has 0 saturated heterocycles. The largest absolute Gasteiger partial charge is 0.416 e. The molecule has 3 aromatic rings. The molecule has 0 radical (unpaired) electrons. The molecule has 0 bridgehead atoms. The van der Waals surface area contributed by atoms with Crippen LogP contribution in [-0.2, 0) is 6.18 Å². The second kappa shape index (κ2) is 5.76. The van der Waals surface area contributed by atoms with Gasteiger partial charge in [0.25, 0.3) is 0 Å². The lowest BCUT2D eigenvalue weighted by Gasteiger charge is -2.15. The van der Waals surface area contributed by atoms with Crippen molar-refractivity contribution in [2.45, 2.75) is 12.2 Å². The van der Waals surface area contributed by atoms with E-state index in [1.807, 2.05) is 0 Å². The van der Waals surface area contributed by atoms with Crippen LogP contribution in [0, 0.1) is 0 Å². The zero-order chi connectivity index (χ0) is 16.4. The first kappa shape index (κ1) is 15.1. The van der Waals surface area contributed by atoms with Crippen LogP contribution in [0.5, 0.6) is 0 Å². The zero-order valence-electron chi connectivity index (χ0n) is 11.5. The summed E-state index contributed by atoms with van der Waals surface area (Å²) in [4.78, 5) is 11.8. The molecule has 0 aliphatic rings. The SMILES string of the molecule is NC(c1nc(-c2cnccn2)no1)c1ccccc1C(F)(F)F. The van der Waals surface area contributed by atoms with Crippen molar-refractivity contribution < 1.29 is 17.7 Å². The van der Waals surface area contributed by atoms with E-state index in [1.54, 1.807) is 0 Å². The van der Waals surface area contributed by atoms with Gasteiger partial charge in [-0.3, -0.25) is 4.98 Å². The first-order chi connectivity index (χ1) is 11.0. The van der Waals surface area contributed by atoms with Crippen LogP contribution >= 0.6 is 0 Å². The quantitative estimate of drug-likeness (QED) is 0.797. The number of benzene rings is 1. The molecule has 0 aliphatic carbocycles. The van der Waals surface area contributed by atoms with Gasteiger partial charge in [-0.2, -0.15) is 18.2 Å². The normalized spacial score (nSPS) is 13.0. The smallest absolute Gasteiger partial charge is 0.337 e. The van der Waals surface area contributed by atoms with Crippen LogP contribution in [0.1, 0.15) is 23.1 Å². The van der Waals surface area contributed by atoms with E-state index in [9.17, 15) is 13.2 Å². The molecule has 2 aromatic heterocycles. The molecule has 0 saturated carbocycles. The summed E-state index contributed by atoms with van der Waals surface area (Å²) in [6.45, 7) is 0. The van der Waals surface area contributed by atoms with E-state index in [-0.39, 0.29) is 17.3 Å². The maximum absolute atomic E-state index is 13.1. The lowest BCUT2D eigenvalue weighted by Crippen LogP contribution is -2.18. The van der Waals surface area contributed by atoms with Crippen molar-refractivity contribution in [2.24, 2.45) is 5.73 Å². The monoisotopic (exact) mass is 321 g/mol. The van der Waals surface area contributed by atoms with Crippen molar-refractivity contribution in [1.29, 1.82) is 0 Å². The number of rotatable bonds is 3. The number of nitrogens with two attached hydrogens (primary N) is 1. The van der Waals surface area contributed by atoms with Gasteiger partial charge in [0, 0.05) is 12.4 Å². The maximum atomic E-state index is 13.1. The molecule has 118 valence electrons. The van der Waals surface area contributed by atoms with Gasteiger partial charge in [-0.05, 0) is 11.6 Å². The summed E-state index contributed by atoms with van der Waals surface area (Å²) in [6.07, 6.45) is -0.216. The highest BCUT2D eigenvalue weighted by atomic mass is 19.4. The molecule has 2 heterocycles. The number of hydrogen-bond donors (Lipinski definition) is 1. The maximum Gasteiger partial charge on any atom is 0.416 e. The highest BCUT2D eigenvalue weighted by Gasteiger charge is 2.35. The third-order valence-electron chi connectivity index (χ3n) is 3.10. The molecule has 2 N–H and O–H groups in total. The Morgan fingerprint density at radius 2 is 1.91 bits per heavy atom. The molecule has 3 rings (SSSR count). The number of alkyl halides is 3. The van der Waals surface area contributed by atoms with Crippen LogP contribution in [0.3, 0.4) is 0 Å². The van der Waals surface area contributed by atoms with Crippen molar-refractivity contribution in [3.63, 3.8) is 0 Å². The average molecular weight is 321 g/mol. The van der Waals surface area contributed by atoms with E-state index in [1.165, 1.54) is 36.8 Å². The molecule has 1 aromatic carbocycles. The number of hydrogen-bond acceptors (Lipinski definition) is 6. The van der Waals surface area contributed by atoms with Crippen LogP contribution in [-0.4, -0.2) is 20.1 Å². The van der Waals surface area contributed by atoms with Gasteiger partial charge in [0.05, 0.1) is 11.8 Å². The molecule has 0 aliphatic heterocycles. The van der Waals surface area contributed by atoms with Gasteiger partial charge in [0.2, 0.25) is 11.7 Å². The summed E-state index contributed by atoms with van der Waals surface area (Å²) < 4.78 is 44.1. The average Bonchev–Trinajstić information content (AvgIpc) is 3.04. The molecule has 9 heteroatoms. The Kier molecular flexibility index (Phi) is 3.78. The molecule has 23 heavy (non-hydrogen) atoms. The van der Waals surface area contributed by atoms with Crippen LogP contribution in [0.4, 0.5) is 13.2 Å². The van der Waals surface area contributed by atoms with E-state index < -0.39 is 17.8 Å². The van der Waals surface area contributed by atoms with Crippen molar-refractivity contribution in [1.82, 2.24) is 20.1 Å². The Morgan fingerprint density at radius 3 is 2.61 bits per heavy atom. The topological polar surface area (TPSA) is 90.7 Å². The fourth-order valence-corrected chi connectivity index (χ4v) is 2.04. The molecule has 0 fully saturated rings. The molecule has 0 spiro atoms. The first-order valence-corrected chi connectivity index (χ1v) is 6.48. The number of halogens is 3. The summed E-state index contributed by atoms with van der Waals surface area (Å²) in [5, 5.41) is 3.68. The van der Waals surface area contributed by atoms with Gasteiger partial charge >= 0.3 is 6.18 Å². The Labute approximate surface area is 128 Å². The fourth-order valence-electron chi connectivity index (χ4n) is 2.04. The Morgan fingerprint density at radius 1 is 1.13 bits per heavy atom. The molecular formula is C14H10F3N5O. The van der Waals surface area contributed by atoms with Gasteiger partial charge in [0.1, 0.15) is 11.7 Å². The molecule has 1 unspecified atom stereocenters. The number of nitrogens with zero attached hydrogens (tertiary/aromatic N) is 4. The Bertz CT molecular complexity index is 803. The summed E-state index contributed by atoms with van der Waals surface area (Å²) >= 11 is 0. The van der Waals surface area contributed by atoms with E-state index in [4.69, 9.17) is 10.3 Å². The summed E-state index contributed by atoms with van der Waals surface area (Å²) in [6, 6.07) is 3.78. The van der Waals surface area contributed by atoms with Crippen molar-refractivity contribution in [2.75, 3.05) is 0 Å². The molecule has 1 atom stereocenters. The predicted molar refractivity (Wildman–Crippen MR) is 72.8 cm³/mol. The molecule has 6 nitrogen and oxygen atoms in total. The van der Waals surface area contributed by atoms with Crippen LogP contribution < -0.4 is 5.73 Å². The fraction of sp³-hybridized carbons (Fsp3) is 0.143. The second-order valence-electron chi connectivity index (χ2n) is 4.61. The van der Waals surface area contributed by atoms with Gasteiger partial charge in [0.15, 0.2) is 0 Å². The predicted octanol–water partition coefficient (Wildman–Crippen LogP) is 2.59. The van der Waals surface area contributed by atoms with Crippen LogP contribution in [0.2, 0.25) is 0 Å². The highest BCUT2D eigenvalue weighted by molar-refractivity contribution is 5.46. The van der Waals surface area contributed by atoms with E-state index in [2.05, 4.69) is 20.1 Å². The Balaban J connectivity index is 1.96. The van der Waals surface area contributed by atoms with Crippen molar-refractivity contribution in [3.8, 4) is 11.5 Å². The molecular weight excluding hydrogens is 311 g/mol. The summed E-state index contributed by atoms with van der Waals surface area (Å²) in [7, 11) is 0. The number of aromatic nitrogens is 4. The Hall–Kier alpha value is -2.81. The minimum absolute atomic E-state index is 0.105. The molecule has 0 amide bonds.